The summed E-state index contributed by atoms with van der Waals surface area (Å²) in [6.45, 7) is 1.58. The summed E-state index contributed by atoms with van der Waals surface area (Å²) in [5, 5.41) is 0. The van der Waals surface area contributed by atoms with Crippen LogP contribution in [0, 0.1) is 23.7 Å². The van der Waals surface area contributed by atoms with E-state index in [1.165, 1.54) is 32.1 Å². The van der Waals surface area contributed by atoms with Gasteiger partial charge in [0.05, 0.1) is 12.7 Å². The molecule has 6 atom stereocenters. The van der Waals surface area contributed by atoms with Crippen molar-refractivity contribution in [2.45, 2.75) is 109 Å². The van der Waals surface area contributed by atoms with Crippen molar-refractivity contribution in [3.63, 3.8) is 0 Å². The predicted molar refractivity (Wildman–Crippen MR) is 117 cm³/mol. The summed E-state index contributed by atoms with van der Waals surface area (Å²) < 4.78 is 25.1. The zero-order chi connectivity index (χ0) is 21.0. The van der Waals surface area contributed by atoms with Gasteiger partial charge >= 0.3 is 0 Å². The summed E-state index contributed by atoms with van der Waals surface area (Å²) in [5.41, 5.74) is 0. The number of allylic oxidation sites excluding steroid dienone is 1. The van der Waals surface area contributed by atoms with Crippen LogP contribution in [0.2, 0.25) is 0 Å². The van der Waals surface area contributed by atoms with Gasteiger partial charge < -0.3 is 18.9 Å². The Balaban J connectivity index is 1.36. The summed E-state index contributed by atoms with van der Waals surface area (Å²) >= 11 is 0. The maximum Gasteiger partial charge on any atom is 0.199 e. The Morgan fingerprint density at radius 3 is 2.32 bits per heavy atom. The summed E-state index contributed by atoms with van der Waals surface area (Å²) in [7, 11) is 0. The van der Waals surface area contributed by atoms with Crippen molar-refractivity contribution in [3.05, 3.63) is 11.8 Å². The van der Waals surface area contributed by atoms with Crippen molar-refractivity contribution < 1.29 is 23.7 Å². The highest BCUT2D eigenvalue weighted by molar-refractivity contribution is 5.81. The van der Waals surface area contributed by atoms with Crippen LogP contribution in [0.3, 0.4) is 0 Å². The highest BCUT2D eigenvalue weighted by atomic mass is 16.7. The molecule has 0 radical (unpaired) electrons. The van der Waals surface area contributed by atoms with E-state index in [1.807, 2.05) is 0 Å². The fourth-order valence-electron chi connectivity index (χ4n) is 6.65. The average Bonchev–Trinajstić information content (AvgIpc) is 3.49. The second-order valence-corrected chi connectivity index (χ2v) is 10.5. The Morgan fingerprint density at radius 2 is 1.61 bits per heavy atom. The SMILES string of the molecule is O=C1C[C@@H]2CC(OC3CCCCO3)C(/C(=C\CC3CCCC3)OC3CCCCO3)[C@@H]2C1. The quantitative estimate of drug-likeness (QED) is 0.496. The molecule has 5 nitrogen and oxygen atoms in total. The fraction of sp³-hybridized carbons (Fsp3) is 0.885. The van der Waals surface area contributed by atoms with E-state index in [1.54, 1.807) is 0 Å². The molecule has 5 fully saturated rings. The van der Waals surface area contributed by atoms with E-state index >= 15 is 0 Å². The van der Waals surface area contributed by atoms with Crippen LogP contribution < -0.4 is 0 Å². The third-order valence-corrected chi connectivity index (χ3v) is 8.28. The number of ether oxygens (including phenoxy) is 4. The Bertz CT molecular complexity index is 628. The molecule has 0 aromatic rings. The zero-order valence-electron chi connectivity index (χ0n) is 19.0. The van der Waals surface area contributed by atoms with E-state index in [9.17, 15) is 4.79 Å². The number of hydrogen-bond acceptors (Lipinski definition) is 5. The summed E-state index contributed by atoms with van der Waals surface area (Å²) in [5.74, 6) is 3.18. The lowest BCUT2D eigenvalue weighted by molar-refractivity contribution is -0.201. The predicted octanol–water partition coefficient (Wildman–Crippen LogP) is 5.52. The summed E-state index contributed by atoms with van der Waals surface area (Å²) in [6, 6.07) is 0. The molecule has 174 valence electrons. The Labute approximate surface area is 187 Å². The smallest absolute Gasteiger partial charge is 0.199 e. The number of carbonyl (C=O) groups is 1. The van der Waals surface area contributed by atoms with Crippen LogP contribution in [0.15, 0.2) is 11.8 Å². The minimum atomic E-state index is -0.147. The van der Waals surface area contributed by atoms with E-state index in [4.69, 9.17) is 18.9 Å². The molecule has 3 saturated carbocycles. The molecule has 31 heavy (non-hydrogen) atoms. The minimum absolute atomic E-state index is 0.0876. The largest absolute Gasteiger partial charge is 0.469 e. The molecular formula is C26H40O5. The van der Waals surface area contributed by atoms with Crippen LogP contribution in [-0.2, 0) is 23.7 Å². The molecule has 2 aliphatic heterocycles. The first-order valence-corrected chi connectivity index (χ1v) is 13.0. The normalized spacial score (nSPS) is 39.7. The number of Topliss-reactive ketones (excluding diaryl/α,β-unsaturated/α-hetero) is 1. The molecule has 5 aliphatic rings. The monoisotopic (exact) mass is 432 g/mol. The van der Waals surface area contributed by atoms with Gasteiger partial charge in [0, 0.05) is 31.8 Å². The van der Waals surface area contributed by atoms with Crippen LogP contribution >= 0.6 is 0 Å². The lowest BCUT2D eigenvalue weighted by Crippen LogP contribution is -2.34. The topological polar surface area (TPSA) is 54.0 Å². The van der Waals surface area contributed by atoms with Gasteiger partial charge in [-0.1, -0.05) is 25.7 Å². The number of ketones is 1. The van der Waals surface area contributed by atoms with Crippen LogP contribution in [0.4, 0.5) is 0 Å². The third-order valence-electron chi connectivity index (χ3n) is 8.28. The van der Waals surface area contributed by atoms with Gasteiger partial charge in [-0.05, 0) is 68.8 Å². The lowest BCUT2D eigenvalue weighted by Gasteiger charge is -2.34. The van der Waals surface area contributed by atoms with Gasteiger partial charge in [-0.15, -0.1) is 0 Å². The van der Waals surface area contributed by atoms with Crippen LogP contribution in [-0.4, -0.2) is 37.7 Å². The number of carbonyl (C=O) groups excluding carboxylic acids is 1. The van der Waals surface area contributed by atoms with E-state index in [-0.39, 0.29) is 24.6 Å². The second-order valence-electron chi connectivity index (χ2n) is 10.5. The Morgan fingerprint density at radius 1 is 0.903 bits per heavy atom. The van der Waals surface area contributed by atoms with Crippen LogP contribution in [0.25, 0.3) is 0 Å². The van der Waals surface area contributed by atoms with Gasteiger partial charge in [0.25, 0.3) is 0 Å². The molecule has 4 unspecified atom stereocenters. The van der Waals surface area contributed by atoms with Crippen LogP contribution in [0.5, 0.6) is 0 Å². The first-order chi connectivity index (χ1) is 15.3. The molecule has 5 rings (SSSR count). The second kappa shape index (κ2) is 10.4. The van der Waals surface area contributed by atoms with E-state index < -0.39 is 0 Å². The van der Waals surface area contributed by atoms with Crippen molar-refractivity contribution in [2.24, 2.45) is 23.7 Å². The first-order valence-electron chi connectivity index (χ1n) is 13.0. The molecule has 0 spiro atoms. The minimum Gasteiger partial charge on any atom is -0.469 e. The van der Waals surface area contributed by atoms with E-state index in [0.717, 1.165) is 69.8 Å². The van der Waals surface area contributed by atoms with Gasteiger partial charge in [0.1, 0.15) is 11.5 Å². The molecule has 0 aromatic heterocycles. The van der Waals surface area contributed by atoms with Crippen molar-refractivity contribution in [3.8, 4) is 0 Å². The van der Waals surface area contributed by atoms with Crippen molar-refractivity contribution in [1.29, 1.82) is 0 Å². The molecule has 0 bridgehead atoms. The maximum absolute atomic E-state index is 12.3. The van der Waals surface area contributed by atoms with Gasteiger partial charge in [-0.3, -0.25) is 4.79 Å². The molecule has 2 heterocycles. The maximum atomic E-state index is 12.3. The van der Waals surface area contributed by atoms with Gasteiger partial charge in [0.15, 0.2) is 12.6 Å². The van der Waals surface area contributed by atoms with Crippen molar-refractivity contribution >= 4 is 5.78 Å². The summed E-state index contributed by atoms with van der Waals surface area (Å²) in [4.78, 5) is 12.3. The fourth-order valence-corrected chi connectivity index (χ4v) is 6.65. The number of hydrogen-bond donors (Lipinski definition) is 0. The van der Waals surface area contributed by atoms with Gasteiger partial charge in [-0.2, -0.15) is 0 Å². The average molecular weight is 433 g/mol. The molecule has 3 aliphatic carbocycles. The highest BCUT2D eigenvalue weighted by Crippen LogP contribution is 2.51. The van der Waals surface area contributed by atoms with Gasteiger partial charge in [-0.25, -0.2) is 0 Å². The number of rotatable bonds is 7. The molecule has 5 heteroatoms. The molecule has 0 aromatic carbocycles. The van der Waals surface area contributed by atoms with Crippen LogP contribution in [0.1, 0.15) is 89.9 Å². The molecule has 2 saturated heterocycles. The zero-order valence-corrected chi connectivity index (χ0v) is 19.0. The Kier molecular flexibility index (Phi) is 7.32. The standard InChI is InChI=1S/C26H40O5/c27-20-15-19-16-23(31-25-10-4-6-14-29-25)26(21(19)17-20)22(12-11-18-7-1-2-8-18)30-24-9-3-5-13-28-24/h12,18-19,21,23-26H,1-11,13-17H2/b22-12+/t19-,21-,23?,24?,25?,26?/m1/s1. The lowest BCUT2D eigenvalue weighted by atomic mass is 9.88. The molecular weight excluding hydrogens is 392 g/mol. The van der Waals surface area contributed by atoms with Gasteiger partial charge in [0.2, 0.25) is 0 Å². The van der Waals surface area contributed by atoms with E-state index in [2.05, 4.69) is 6.08 Å². The first kappa shape index (κ1) is 21.9. The van der Waals surface area contributed by atoms with Crippen molar-refractivity contribution in [2.75, 3.05) is 13.2 Å². The van der Waals surface area contributed by atoms with E-state index in [0.29, 0.717) is 30.5 Å². The number of fused-ring (bicyclic) bond motifs is 1. The molecule has 0 N–H and O–H groups in total. The highest BCUT2D eigenvalue weighted by Gasteiger charge is 2.51. The Hall–Kier alpha value is -0.910. The summed E-state index contributed by atoms with van der Waals surface area (Å²) in [6.07, 6.45) is 17.5. The van der Waals surface area contributed by atoms with Crippen molar-refractivity contribution in [1.82, 2.24) is 0 Å². The molecule has 0 amide bonds. The third kappa shape index (κ3) is 5.36.